The first kappa shape index (κ1) is 18.8. The first-order valence-corrected chi connectivity index (χ1v) is 11.0. The number of fused-ring (bicyclic) bond motifs is 1. The summed E-state index contributed by atoms with van der Waals surface area (Å²) in [6, 6.07) is 4.22. The molecule has 2 fully saturated rings. The summed E-state index contributed by atoms with van der Waals surface area (Å²) in [7, 11) is 2.11. The van der Waals surface area contributed by atoms with Gasteiger partial charge in [-0.2, -0.15) is 5.10 Å². The molecule has 0 amide bonds. The number of nitrogens with zero attached hydrogens (tertiary/aromatic N) is 7. The molecule has 2 saturated heterocycles. The first-order chi connectivity index (χ1) is 14.3. The number of piperazine rings is 1. The first-order valence-electron chi connectivity index (χ1n) is 11.0. The molecule has 0 radical (unpaired) electrons. The Morgan fingerprint density at radius 2 is 1.52 bits per heavy atom. The van der Waals surface area contributed by atoms with E-state index in [-0.39, 0.29) is 0 Å². The second kappa shape index (κ2) is 8.28. The molecule has 8 heteroatoms. The van der Waals surface area contributed by atoms with E-state index >= 15 is 0 Å². The van der Waals surface area contributed by atoms with Crippen LogP contribution in [0.3, 0.4) is 0 Å². The molecule has 0 saturated carbocycles. The Hall–Kier alpha value is -2.19. The van der Waals surface area contributed by atoms with E-state index in [0.717, 1.165) is 77.1 Å². The van der Waals surface area contributed by atoms with Crippen LogP contribution in [-0.4, -0.2) is 77.4 Å². The van der Waals surface area contributed by atoms with Crippen molar-refractivity contribution in [2.45, 2.75) is 32.2 Å². The third kappa shape index (κ3) is 3.96. The number of anilines is 2. The highest BCUT2D eigenvalue weighted by molar-refractivity contribution is 5.45. The highest BCUT2D eigenvalue weighted by Crippen LogP contribution is 2.25. The van der Waals surface area contributed by atoms with Crippen molar-refractivity contribution in [2.75, 3.05) is 62.3 Å². The summed E-state index contributed by atoms with van der Waals surface area (Å²) in [6.07, 6.45) is 4.94. The molecule has 0 N–H and O–H groups in total. The summed E-state index contributed by atoms with van der Waals surface area (Å²) in [6.45, 7) is 8.41. The van der Waals surface area contributed by atoms with Crippen molar-refractivity contribution in [2.24, 2.45) is 7.05 Å². The molecule has 4 heterocycles. The van der Waals surface area contributed by atoms with Gasteiger partial charge in [0.25, 0.3) is 0 Å². The van der Waals surface area contributed by atoms with Crippen molar-refractivity contribution >= 4 is 11.6 Å². The van der Waals surface area contributed by atoms with Crippen LogP contribution in [0.4, 0.5) is 11.6 Å². The Kier molecular flexibility index (Phi) is 5.37. The average molecular weight is 398 g/mol. The number of morpholine rings is 1. The largest absolute Gasteiger partial charge is 0.378 e. The maximum Gasteiger partial charge on any atom is 0.151 e. The third-order valence-corrected chi connectivity index (χ3v) is 6.49. The van der Waals surface area contributed by atoms with E-state index in [4.69, 9.17) is 9.84 Å². The predicted octanol–water partition coefficient (Wildman–Crippen LogP) is 1.25. The summed E-state index contributed by atoms with van der Waals surface area (Å²) >= 11 is 0. The van der Waals surface area contributed by atoms with Gasteiger partial charge in [0.15, 0.2) is 11.6 Å². The molecule has 5 rings (SSSR count). The van der Waals surface area contributed by atoms with Crippen molar-refractivity contribution < 1.29 is 4.74 Å². The molecule has 8 nitrogen and oxygen atoms in total. The van der Waals surface area contributed by atoms with E-state index < -0.39 is 0 Å². The summed E-state index contributed by atoms with van der Waals surface area (Å²) in [5.41, 5.74) is 4.27. The molecule has 0 bridgehead atoms. The van der Waals surface area contributed by atoms with E-state index in [1.807, 2.05) is 0 Å². The van der Waals surface area contributed by atoms with Crippen LogP contribution in [0.15, 0.2) is 12.1 Å². The van der Waals surface area contributed by atoms with Gasteiger partial charge < -0.3 is 14.5 Å². The SMILES string of the molecule is Cn1nc2c(c1CN1CCN(c3ccc(N4CCOCC4)nn3)CC1)CCCC2. The summed E-state index contributed by atoms with van der Waals surface area (Å²) in [5, 5.41) is 13.8. The molecule has 3 aliphatic rings. The fourth-order valence-corrected chi connectivity index (χ4v) is 4.74. The Labute approximate surface area is 172 Å². The highest BCUT2D eigenvalue weighted by atomic mass is 16.5. The molecule has 0 atom stereocenters. The zero-order valence-corrected chi connectivity index (χ0v) is 17.4. The molecule has 0 aromatic carbocycles. The number of hydrogen-bond donors (Lipinski definition) is 0. The van der Waals surface area contributed by atoms with Crippen LogP contribution in [0, 0.1) is 0 Å². The zero-order valence-electron chi connectivity index (χ0n) is 17.4. The minimum Gasteiger partial charge on any atom is -0.378 e. The van der Waals surface area contributed by atoms with Gasteiger partial charge in [-0.15, -0.1) is 10.2 Å². The third-order valence-electron chi connectivity index (χ3n) is 6.49. The smallest absolute Gasteiger partial charge is 0.151 e. The van der Waals surface area contributed by atoms with Crippen LogP contribution in [0.2, 0.25) is 0 Å². The van der Waals surface area contributed by atoms with Crippen molar-refractivity contribution in [3.63, 3.8) is 0 Å². The number of ether oxygens (including phenoxy) is 1. The zero-order chi connectivity index (χ0) is 19.6. The fraction of sp³-hybridized carbons (Fsp3) is 0.667. The van der Waals surface area contributed by atoms with Gasteiger partial charge in [-0.25, -0.2) is 0 Å². The van der Waals surface area contributed by atoms with E-state index in [1.165, 1.54) is 36.2 Å². The molecule has 29 heavy (non-hydrogen) atoms. The van der Waals surface area contributed by atoms with Crippen LogP contribution in [-0.2, 0) is 31.2 Å². The Morgan fingerprint density at radius 1 is 0.862 bits per heavy atom. The minimum atomic E-state index is 0.769. The number of aromatic nitrogens is 4. The monoisotopic (exact) mass is 397 g/mol. The second-order valence-corrected chi connectivity index (χ2v) is 8.32. The fourth-order valence-electron chi connectivity index (χ4n) is 4.74. The van der Waals surface area contributed by atoms with Crippen LogP contribution >= 0.6 is 0 Å². The van der Waals surface area contributed by atoms with E-state index in [2.05, 4.69) is 48.8 Å². The van der Waals surface area contributed by atoms with Crippen molar-refractivity contribution in [3.8, 4) is 0 Å². The maximum atomic E-state index is 5.42. The van der Waals surface area contributed by atoms with Gasteiger partial charge in [0.05, 0.1) is 24.6 Å². The topological polar surface area (TPSA) is 62.6 Å². The van der Waals surface area contributed by atoms with Gasteiger partial charge >= 0.3 is 0 Å². The Balaban J connectivity index is 1.18. The number of aryl methyl sites for hydroxylation is 2. The molecule has 2 aromatic rings. The van der Waals surface area contributed by atoms with Crippen molar-refractivity contribution in [3.05, 3.63) is 29.1 Å². The Morgan fingerprint density at radius 3 is 2.21 bits per heavy atom. The van der Waals surface area contributed by atoms with E-state index in [1.54, 1.807) is 0 Å². The molecule has 156 valence electrons. The minimum absolute atomic E-state index is 0.769. The summed E-state index contributed by atoms with van der Waals surface area (Å²) in [4.78, 5) is 7.15. The molecule has 0 spiro atoms. The number of hydrogen-bond acceptors (Lipinski definition) is 7. The van der Waals surface area contributed by atoms with E-state index in [9.17, 15) is 0 Å². The molecule has 0 unspecified atom stereocenters. The van der Waals surface area contributed by atoms with Crippen molar-refractivity contribution in [1.82, 2.24) is 24.9 Å². The molecule has 2 aliphatic heterocycles. The molecule has 1 aliphatic carbocycles. The van der Waals surface area contributed by atoms with E-state index in [0.29, 0.717) is 0 Å². The van der Waals surface area contributed by atoms with Crippen LogP contribution < -0.4 is 9.80 Å². The van der Waals surface area contributed by atoms with Gasteiger partial charge in [0.1, 0.15) is 0 Å². The van der Waals surface area contributed by atoms with Crippen LogP contribution in [0.25, 0.3) is 0 Å². The van der Waals surface area contributed by atoms with Gasteiger partial charge in [-0.05, 0) is 43.4 Å². The average Bonchev–Trinajstić information content (AvgIpc) is 3.10. The van der Waals surface area contributed by atoms with Crippen LogP contribution in [0.5, 0.6) is 0 Å². The predicted molar refractivity (Wildman–Crippen MR) is 112 cm³/mol. The van der Waals surface area contributed by atoms with Crippen LogP contribution in [0.1, 0.15) is 29.8 Å². The van der Waals surface area contributed by atoms with Gasteiger partial charge in [-0.3, -0.25) is 9.58 Å². The van der Waals surface area contributed by atoms with Gasteiger partial charge in [0.2, 0.25) is 0 Å². The second-order valence-electron chi connectivity index (χ2n) is 8.32. The lowest BCUT2D eigenvalue weighted by Crippen LogP contribution is -2.46. The molecular formula is C21H31N7O. The van der Waals surface area contributed by atoms with Crippen molar-refractivity contribution in [1.29, 1.82) is 0 Å². The summed E-state index contributed by atoms with van der Waals surface area (Å²) < 4.78 is 7.54. The quantitative estimate of drug-likeness (QED) is 0.769. The molecular weight excluding hydrogens is 366 g/mol. The Bertz CT molecular complexity index is 820. The standard InChI is InChI=1S/C21H31N7O/c1-25-19(17-4-2-3-5-18(17)24-25)16-26-8-10-27(11-9-26)20-6-7-21(23-22-20)28-12-14-29-15-13-28/h6-7H,2-5,8-16H2,1H3. The lowest BCUT2D eigenvalue weighted by Gasteiger charge is -2.35. The maximum absolute atomic E-state index is 5.42. The lowest BCUT2D eigenvalue weighted by atomic mass is 9.95. The summed E-state index contributed by atoms with van der Waals surface area (Å²) in [5.74, 6) is 1.94. The lowest BCUT2D eigenvalue weighted by molar-refractivity contribution is 0.122. The highest BCUT2D eigenvalue weighted by Gasteiger charge is 2.24. The molecule has 2 aromatic heterocycles. The normalized spacial score (nSPS) is 20.7. The van der Waals surface area contributed by atoms with Gasteiger partial charge in [-0.1, -0.05) is 0 Å². The number of rotatable bonds is 4. The van der Waals surface area contributed by atoms with Gasteiger partial charge in [0, 0.05) is 52.9 Å².